The first kappa shape index (κ1) is 99.7. The Balaban J connectivity index is 1.58. The van der Waals surface area contributed by atoms with Gasteiger partial charge >= 0.3 is 5.97 Å². The van der Waals surface area contributed by atoms with Gasteiger partial charge in [-0.05, 0) is 44.2 Å². The van der Waals surface area contributed by atoms with Crippen LogP contribution in [0.5, 0.6) is 0 Å². The molecule has 17 amide bonds. The molecule has 0 aliphatic carbocycles. The Morgan fingerprint density at radius 1 is 0.443 bits per heavy atom. The first-order valence-corrected chi connectivity index (χ1v) is 44.8. The number of aromatic amines is 2. The number of aromatic nitrogens is 3. The number of aliphatic hydroxyl groups excluding tert-OH is 3. The molecule has 0 radical (unpaired) electrons. The van der Waals surface area contributed by atoms with Crippen molar-refractivity contribution in [3.63, 3.8) is 0 Å². The van der Waals surface area contributed by atoms with Crippen LogP contribution in [0.2, 0.25) is 0 Å². The molecule has 0 spiro atoms. The van der Waals surface area contributed by atoms with E-state index in [-0.39, 0.29) is 31.6 Å². The molecule has 1 aromatic carbocycles. The van der Waals surface area contributed by atoms with Crippen molar-refractivity contribution in [3.05, 3.63) is 54.2 Å². The highest BCUT2D eigenvalue weighted by Crippen LogP contribution is 2.28. The molecule has 122 heavy (non-hydrogen) atoms. The van der Waals surface area contributed by atoms with Gasteiger partial charge in [0.05, 0.1) is 45.0 Å². The number of amides is 17. The van der Waals surface area contributed by atoms with Crippen molar-refractivity contribution in [2.45, 2.75) is 155 Å². The zero-order valence-electron chi connectivity index (χ0n) is 65.1. The van der Waals surface area contributed by atoms with Crippen LogP contribution >= 0.6 is 64.8 Å². The first-order valence-electron chi connectivity index (χ1n) is 37.3. The van der Waals surface area contributed by atoms with Crippen LogP contribution in [0.4, 0.5) is 0 Å². The van der Waals surface area contributed by atoms with E-state index in [0.717, 1.165) is 50.1 Å². The van der Waals surface area contributed by atoms with Gasteiger partial charge in [0.2, 0.25) is 100 Å². The highest BCUT2D eigenvalue weighted by Gasteiger charge is 2.40. The number of fused-ring (bicyclic) bond motifs is 17. The number of nitrogens with two attached hydrogens (primary N) is 5. The number of primary amides is 2. The molecule has 0 saturated carbocycles. The molecule has 2 aromatic heterocycles. The van der Waals surface area contributed by atoms with Crippen molar-refractivity contribution in [3.8, 4) is 0 Å². The van der Waals surface area contributed by atoms with Crippen LogP contribution in [-0.2, 0) is 99.1 Å². The molecule has 55 heteroatoms. The Bertz CT molecular complexity index is 4270. The largest absolute Gasteiger partial charge is 0.481 e. The van der Waals surface area contributed by atoms with E-state index in [1.807, 2.05) is 0 Å². The van der Waals surface area contributed by atoms with Crippen molar-refractivity contribution in [2.24, 2.45) is 28.7 Å². The van der Waals surface area contributed by atoms with Gasteiger partial charge < -0.3 is 149 Å². The fourth-order valence-corrected chi connectivity index (χ4v) is 18.4. The van der Waals surface area contributed by atoms with E-state index in [1.54, 1.807) is 24.3 Å². The minimum atomic E-state index is -2.17. The summed E-state index contributed by atoms with van der Waals surface area (Å²) in [7, 11) is 4.39. The van der Waals surface area contributed by atoms with Gasteiger partial charge in [0, 0.05) is 89.4 Å². The first-order chi connectivity index (χ1) is 58.0. The van der Waals surface area contributed by atoms with E-state index in [9.17, 15) is 97.1 Å². The third-order valence-corrected chi connectivity index (χ3v) is 25.3. The van der Waals surface area contributed by atoms with E-state index < -0.39 is 308 Å². The molecular formula is C67H99N27O22S6. The SMILES string of the molecule is C[C@@H]1NC(=O)[C@H](CO)NC(=O)[C@H](CO)NC(=O)[C@@H]2CSSC[C@@H](C(N)=O)NC(=O)[C@@H]3CSSC[C@H](NC(=O)[C@@H](N)CSSC[C@H](NC(=O)[C@H](Cc4c[nH]c5ccccc45)NC1=O)C(=O)N[C@@H](CCCNC(=N)N)C(=O)N[C@@H](CC(=O)O)C(=O)N[C@@H](Cc1cnc[nH]1)C(=O)N[C@@H](CO)C(=O)N[C@@H](CCCNC(=N)N)C(=O)N3)C(=O)N[C@H](CC(N)=O)C(=O)N2. The lowest BCUT2D eigenvalue weighted by Gasteiger charge is -2.28. The number of benzene rings is 1. The van der Waals surface area contributed by atoms with Crippen LogP contribution in [0.25, 0.3) is 10.9 Å². The molecule has 3 aromatic rings. The molecule has 49 nitrogen and oxygen atoms in total. The summed E-state index contributed by atoms with van der Waals surface area (Å²) in [6.45, 7) is -2.92. The van der Waals surface area contributed by atoms with Gasteiger partial charge in [-0.3, -0.25) is 97.1 Å². The average Bonchev–Trinajstić information content (AvgIpc) is 1.75. The van der Waals surface area contributed by atoms with E-state index >= 15 is 9.59 Å². The number of imidazole rings is 1. The fourth-order valence-electron chi connectivity index (χ4n) is 11.5. The molecular weight excluding hydrogens is 1730 g/mol. The lowest BCUT2D eigenvalue weighted by molar-refractivity contribution is -0.141. The van der Waals surface area contributed by atoms with Crippen LogP contribution in [0.3, 0.4) is 0 Å². The van der Waals surface area contributed by atoms with E-state index in [2.05, 4.69) is 105 Å². The minimum Gasteiger partial charge on any atom is -0.481 e. The van der Waals surface area contributed by atoms with Crippen molar-refractivity contribution >= 4 is 194 Å². The summed E-state index contributed by atoms with van der Waals surface area (Å²) in [6, 6.07) is -23.3. The second-order valence-electron chi connectivity index (χ2n) is 27.4. The Morgan fingerprint density at radius 3 is 1.31 bits per heavy atom. The summed E-state index contributed by atoms with van der Waals surface area (Å²) in [5.41, 5.74) is 30.1. The van der Waals surface area contributed by atoms with Crippen LogP contribution < -0.4 is 119 Å². The summed E-state index contributed by atoms with van der Waals surface area (Å²) < 4.78 is 0. The summed E-state index contributed by atoms with van der Waals surface area (Å²) in [6.07, 6.45) is -0.394. The molecule has 3 aliphatic heterocycles. The molecule has 4 bridgehead atoms. The number of hydrogen-bond donors (Lipinski definition) is 30. The van der Waals surface area contributed by atoms with Crippen LogP contribution in [0, 0.1) is 10.8 Å². The molecule has 3 aliphatic rings. The number of guanidine groups is 2. The molecule has 3 saturated heterocycles. The molecule has 3 fully saturated rings. The molecule has 0 unspecified atom stereocenters. The average molecular weight is 1830 g/mol. The quantitative estimate of drug-likeness (QED) is 0.0216. The molecule has 16 atom stereocenters. The highest BCUT2D eigenvalue weighted by atomic mass is 33.1. The maximum Gasteiger partial charge on any atom is 0.305 e. The van der Waals surface area contributed by atoms with E-state index in [4.69, 9.17) is 39.5 Å². The predicted octanol–water partition coefficient (Wildman–Crippen LogP) is -12.2. The highest BCUT2D eigenvalue weighted by molar-refractivity contribution is 8.77. The molecule has 6 rings (SSSR count). The normalized spacial score (nSPS) is 26.8. The number of aliphatic carboxylic acids is 1. The summed E-state index contributed by atoms with van der Waals surface area (Å²) in [4.78, 5) is 268. The number of carbonyl (C=O) groups is 18. The Morgan fingerprint density at radius 2 is 0.820 bits per heavy atom. The number of carbonyl (C=O) groups excluding carboxylic acids is 17. The monoisotopic (exact) mass is 1830 g/mol. The van der Waals surface area contributed by atoms with Gasteiger partial charge in [0.15, 0.2) is 11.9 Å². The van der Waals surface area contributed by atoms with Crippen molar-refractivity contribution < 1.29 is 107 Å². The van der Waals surface area contributed by atoms with Gasteiger partial charge in [0.1, 0.15) is 90.6 Å². The number of carboxylic acids is 1. The number of carboxylic acid groups (broad SMARTS) is 1. The predicted molar refractivity (Wildman–Crippen MR) is 446 cm³/mol. The van der Waals surface area contributed by atoms with Gasteiger partial charge in [-0.2, -0.15) is 0 Å². The number of nitrogens with zero attached hydrogens (tertiary/aromatic N) is 1. The fraction of sp³-hybridized carbons (Fsp3) is 0.537. The van der Waals surface area contributed by atoms with Crippen LogP contribution in [0.15, 0.2) is 43.0 Å². The number of rotatable bonds is 20. The number of para-hydroxylation sites is 1. The second kappa shape index (κ2) is 50.4. The van der Waals surface area contributed by atoms with Gasteiger partial charge in [-0.25, -0.2) is 4.98 Å². The third kappa shape index (κ3) is 32.7. The second-order valence-corrected chi connectivity index (χ2v) is 35.1. The van der Waals surface area contributed by atoms with E-state index in [1.165, 1.54) is 18.7 Å². The third-order valence-electron chi connectivity index (χ3n) is 18.0. The molecule has 35 N–H and O–H groups in total. The maximum absolute atomic E-state index is 15.2. The zero-order valence-corrected chi connectivity index (χ0v) is 70.0. The number of H-pyrrole nitrogens is 2. The Labute approximate surface area is 718 Å². The lowest BCUT2D eigenvalue weighted by atomic mass is 10.0. The van der Waals surface area contributed by atoms with Crippen molar-refractivity contribution in [1.82, 2.24) is 105 Å². The van der Waals surface area contributed by atoms with Crippen molar-refractivity contribution in [2.75, 3.05) is 67.4 Å². The zero-order chi connectivity index (χ0) is 89.9. The summed E-state index contributed by atoms with van der Waals surface area (Å²) in [5, 5.41) is 98.8. The number of aliphatic hydroxyl groups is 3. The number of nitrogens with one attached hydrogen (secondary N) is 21. The topological polar surface area (TPSA) is 815 Å². The molecule has 5 heterocycles. The summed E-state index contributed by atoms with van der Waals surface area (Å²) >= 11 is 0. The van der Waals surface area contributed by atoms with Gasteiger partial charge in [0.25, 0.3) is 0 Å². The van der Waals surface area contributed by atoms with Crippen molar-refractivity contribution in [1.29, 1.82) is 10.8 Å². The Hall–Kier alpha value is -11.1. The molecule has 670 valence electrons. The lowest BCUT2D eigenvalue weighted by Crippen LogP contribution is -2.62. The standard InChI is InChI=1S/C67H99N27O22S6/c1-28-51(102)83-36(12-29-16-78-33-7-3-2-6-31(29)33)55(106)93-45-24-119-117-21-32(68)52(103)91-44-23-121-122-26-47(65(116)90-43(50(70)101)22-118-120-25-46(94-57(108)38(14-48(69)98)85-63(44)114)64(115)89-42(20-97)61(112)88-40(18-95)59(110)80-28)92-54(105)35(9-5-11-77-67(73)74)81-60(111)41(19-96)87-56(107)37(13-30-17-75-27-79-30)84-58(109)39(15-49(99)100)86-53(104)34(82-62(45)113)8-4-10-76-66(71)72/h2-3,6-7,16-17,27-28,32,34-47,78,95-97H,4-5,8-15,18-26,68H2,1H3,(H2,69,98)(H2,70,101)(H,75,79)(H,80,110)(H,81,111)(H,82,113)(H,83,102)(H,84,109)(H,85,114)(H,86,104)(H,87,107)(H,88,112)(H,89,115)(H,90,116)(H,91,103)(H,92,105)(H,93,106)(H,94,108)(H,99,100)(H4,71,72,76)(H4,73,74,77)/t28-,32-,34-,35-,36-,37-,38+,39-,40-,41-,42-,43-,44-,45-,46-,47-/m0/s1. The number of hydrogen-bond acceptors (Lipinski definition) is 31. The van der Waals surface area contributed by atoms with Gasteiger partial charge in [-0.15, -0.1) is 0 Å². The smallest absolute Gasteiger partial charge is 0.305 e. The van der Waals surface area contributed by atoms with E-state index in [0.29, 0.717) is 38.1 Å². The summed E-state index contributed by atoms with van der Waals surface area (Å²) in [5.74, 6) is -27.2. The maximum atomic E-state index is 15.2. The minimum absolute atomic E-state index is 0.109. The Kier molecular flexibility index (Phi) is 41.2. The van der Waals surface area contributed by atoms with Crippen LogP contribution in [0.1, 0.15) is 56.7 Å². The van der Waals surface area contributed by atoms with Gasteiger partial charge in [-0.1, -0.05) is 83.0 Å². The van der Waals surface area contributed by atoms with Crippen LogP contribution in [-0.4, -0.2) is 318 Å².